The van der Waals surface area contributed by atoms with Crippen molar-refractivity contribution in [2.45, 2.75) is 102 Å². The molecule has 0 saturated carbocycles. The van der Waals surface area contributed by atoms with Crippen molar-refractivity contribution in [3.05, 3.63) is 25.3 Å². The second-order valence-corrected chi connectivity index (χ2v) is 11.3. The van der Waals surface area contributed by atoms with Crippen LogP contribution in [0.5, 0.6) is 0 Å². The number of rotatable bonds is 18. The van der Waals surface area contributed by atoms with Crippen LogP contribution >= 0.6 is 0 Å². The number of allylic oxidation sites excluding steroid dienone is 1. The van der Waals surface area contributed by atoms with Gasteiger partial charge in [0, 0.05) is 26.2 Å². The highest BCUT2D eigenvalue weighted by Crippen LogP contribution is 2.63. The summed E-state index contributed by atoms with van der Waals surface area (Å²) in [5, 5.41) is 9.22. The fourth-order valence-electron chi connectivity index (χ4n) is 6.70. The molecule has 214 valence electrons. The van der Waals surface area contributed by atoms with E-state index in [0.717, 1.165) is 44.9 Å². The molecule has 0 radical (unpaired) electrons. The van der Waals surface area contributed by atoms with Crippen molar-refractivity contribution >= 4 is 17.8 Å². The number of fused-ring (bicyclic) bond motifs is 1. The third-order valence-electron chi connectivity index (χ3n) is 8.56. The highest BCUT2D eigenvalue weighted by atomic mass is 16.6. The van der Waals surface area contributed by atoms with E-state index < -0.39 is 35.0 Å². The summed E-state index contributed by atoms with van der Waals surface area (Å²) >= 11 is 0. The quantitative estimate of drug-likeness (QED) is 0.163. The molecular formula is C30H48N2O6. The lowest BCUT2D eigenvalue weighted by Crippen LogP contribution is -2.56. The van der Waals surface area contributed by atoms with E-state index in [1.54, 1.807) is 15.9 Å². The largest absolute Gasteiger partial charge is 0.465 e. The SMILES string of the molecule is C=CCCCCOC(=O)[C@@H]1[C@H]2C(=O)N(CCCCCO)C(C(=O)N(CC=C)CCCCC)C23CC[C@@]1(C)O3. The van der Waals surface area contributed by atoms with Gasteiger partial charge in [0.15, 0.2) is 0 Å². The number of ether oxygens (including phenoxy) is 2. The van der Waals surface area contributed by atoms with E-state index in [1.807, 2.05) is 13.0 Å². The molecule has 2 bridgehead atoms. The van der Waals surface area contributed by atoms with Crippen molar-refractivity contribution in [1.29, 1.82) is 0 Å². The first-order valence-electron chi connectivity index (χ1n) is 14.6. The van der Waals surface area contributed by atoms with E-state index >= 15 is 0 Å². The Morgan fingerprint density at radius 1 is 1.13 bits per heavy atom. The summed E-state index contributed by atoms with van der Waals surface area (Å²) in [6, 6.07) is -0.775. The number of hydrogen-bond acceptors (Lipinski definition) is 6. The van der Waals surface area contributed by atoms with E-state index in [2.05, 4.69) is 20.1 Å². The zero-order valence-electron chi connectivity index (χ0n) is 23.5. The lowest BCUT2D eigenvalue weighted by Gasteiger charge is -2.37. The van der Waals surface area contributed by atoms with Crippen LogP contribution in [-0.2, 0) is 23.9 Å². The summed E-state index contributed by atoms with van der Waals surface area (Å²) in [4.78, 5) is 45.1. The van der Waals surface area contributed by atoms with Gasteiger partial charge >= 0.3 is 5.97 Å². The smallest absolute Gasteiger partial charge is 0.312 e. The number of aliphatic hydroxyl groups excluding tert-OH is 1. The molecule has 3 aliphatic rings. The fourth-order valence-corrected chi connectivity index (χ4v) is 6.70. The molecule has 1 spiro atoms. The highest BCUT2D eigenvalue weighted by molar-refractivity contribution is 5.98. The van der Waals surface area contributed by atoms with E-state index in [9.17, 15) is 19.5 Å². The molecule has 0 aromatic rings. The number of carbonyl (C=O) groups is 3. The van der Waals surface area contributed by atoms with Gasteiger partial charge in [-0.25, -0.2) is 0 Å². The van der Waals surface area contributed by atoms with E-state index in [1.165, 1.54) is 0 Å². The van der Waals surface area contributed by atoms with Crippen LogP contribution in [-0.4, -0.2) is 82.8 Å². The first-order chi connectivity index (χ1) is 18.3. The van der Waals surface area contributed by atoms with Gasteiger partial charge in [-0.05, 0) is 64.7 Å². The normalized spacial score (nSPS) is 29.4. The summed E-state index contributed by atoms with van der Waals surface area (Å²) in [6.07, 6.45) is 12.2. The molecule has 2 unspecified atom stereocenters. The molecule has 5 atom stereocenters. The fraction of sp³-hybridized carbons (Fsp3) is 0.767. The van der Waals surface area contributed by atoms with Crippen LogP contribution in [0.1, 0.15) is 84.5 Å². The molecular weight excluding hydrogens is 484 g/mol. The van der Waals surface area contributed by atoms with Crippen molar-refractivity contribution in [1.82, 2.24) is 9.80 Å². The van der Waals surface area contributed by atoms with Gasteiger partial charge in [-0.2, -0.15) is 0 Å². The van der Waals surface area contributed by atoms with Crippen molar-refractivity contribution in [2.24, 2.45) is 11.8 Å². The molecule has 1 N–H and O–H groups in total. The van der Waals surface area contributed by atoms with Crippen LogP contribution < -0.4 is 0 Å². The van der Waals surface area contributed by atoms with Gasteiger partial charge in [-0.1, -0.05) is 31.9 Å². The predicted octanol–water partition coefficient (Wildman–Crippen LogP) is 4.02. The Morgan fingerprint density at radius 3 is 2.61 bits per heavy atom. The van der Waals surface area contributed by atoms with Gasteiger partial charge in [0.25, 0.3) is 0 Å². The number of amides is 2. The highest BCUT2D eigenvalue weighted by Gasteiger charge is 2.78. The van der Waals surface area contributed by atoms with Gasteiger partial charge in [0.05, 0.1) is 18.1 Å². The zero-order chi connectivity index (χ0) is 27.8. The lowest BCUT2D eigenvalue weighted by atomic mass is 9.66. The van der Waals surface area contributed by atoms with Crippen LogP contribution in [0.15, 0.2) is 25.3 Å². The molecule has 0 aromatic heterocycles. The van der Waals surface area contributed by atoms with Gasteiger partial charge in [-0.3, -0.25) is 14.4 Å². The number of hydrogen-bond donors (Lipinski definition) is 1. The number of carbonyl (C=O) groups excluding carboxylic acids is 3. The Morgan fingerprint density at radius 2 is 1.92 bits per heavy atom. The monoisotopic (exact) mass is 532 g/mol. The third-order valence-corrected chi connectivity index (χ3v) is 8.56. The van der Waals surface area contributed by atoms with Crippen LogP contribution in [0, 0.1) is 11.8 Å². The zero-order valence-corrected chi connectivity index (χ0v) is 23.5. The minimum atomic E-state index is -1.03. The molecule has 3 rings (SSSR count). The Labute approximate surface area is 228 Å². The summed E-state index contributed by atoms with van der Waals surface area (Å²) < 4.78 is 12.4. The van der Waals surface area contributed by atoms with Crippen molar-refractivity contribution in [3.63, 3.8) is 0 Å². The third kappa shape index (κ3) is 6.01. The van der Waals surface area contributed by atoms with Crippen LogP contribution in [0.4, 0.5) is 0 Å². The Hall–Kier alpha value is -2.19. The summed E-state index contributed by atoms with van der Waals surface area (Å²) in [6.45, 7) is 13.4. The maximum atomic E-state index is 14.2. The molecule has 3 aliphatic heterocycles. The molecule has 38 heavy (non-hydrogen) atoms. The van der Waals surface area contributed by atoms with Gasteiger partial charge in [0.2, 0.25) is 11.8 Å². The molecule has 8 heteroatoms. The number of likely N-dealkylation sites (tertiary alicyclic amines) is 1. The lowest BCUT2D eigenvalue weighted by molar-refractivity contribution is -0.160. The van der Waals surface area contributed by atoms with E-state index in [4.69, 9.17) is 9.47 Å². The molecule has 3 saturated heterocycles. The Kier molecular flexibility index (Phi) is 11.0. The Balaban J connectivity index is 1.89. The van der Waals surface area contributed by atoms with Crippen molar-refractivity contribution < 1.29 is 29.0 Å². The second-order valence-electron chi connectivity index (χ2n) is 11.3. The molecule has 0 aromatic carbocycles. The van der Waals surface area contributed by atoms with Crippen LogP contribution in [0.25, 0.3) is 0 Å². The first-order valence-corrected chi connectivity index (χ1v) is 14.6. The number of nitrogens with zero attached hydrogens (tertiary/aromatic N) is 2. The van der Waals surface area contributed by atoms with Gasteiger partial charge in [-0.15, -0.1) is 13.2 Å². The topological polar surface area (TPSA) is 96.4 Å². The average Bonchev–Trinajstić information content (AvgIpc) is 3.46. The standard InChI is InChI=1S/C30H48N2O6/c1-5-8-10-15-22-37-28(36)24-23-26(34)32(20-13-11-14-21-33)25(30(23)17-16-29(24,4)38-30)27(35)31(18-7-3)19-12-9-6-2/h5,7,23-25,33H,1,3,6,8-22H2,2,4H3/t23-,24-,25?,29+,30?/m0/s1. The maximum Gasteiger partial charge on any atom is 0.312 e. The van der Waals surface area contributed by atoms with E-state index in [0.29, 0.717) is 51.9 Å². The molecule has 3 heterocycles. The second kappa shape index (κ2) is 13.7. The van der Waals surface area contributed by atoms with Crippen LogP contribution in [0.3, 0.4) is 0 Å². The molecule has 0 aliphatic carbocycles. The minimum Gasteiger partial charge on any atom is -0.465 e. The van der Waals surface area contributed by atoms with Crippen molar-refractivity contribution in [3.8, 4) is 0 Å². The van der Waals surface area contributed by atoms with Gasteiger partial charge in [0.1, 0.15) is 17.6 Å². The summed E-state index contributed by atoms with van der Waals surface area (Å²) in [5.41, 5.74) is -1.86. The molecule has 8 nitrogen and oxygen atoms in total. The van der Waals surface area contributed by atoms with E-state index in [-0.39, 0.29) is 18.4 Å². The summed E-state index contributed by atoms with van der Waals surface area (Å²) in [5.74, 6) is -2.16. The summed E-state index contributed by atoms with van der Waals surface area (Å²) in [7, 11) is 0. The first kappa shape index (κ1) is 30.4. The maximum absolute atomic E-state index is 14.2. The number of aliphatic hydroxyl groups is 1. The van der Waals surface area contributed by atoms with Crippen molar-refractivity contribution in [2.75, 3.05) is 32.8 Å². The Bertz CT molecular complexity index is 862. The minimum absolute atomic E-state index is 0.0928. The van der Waals surface area contributed by atoms with Crippen LogP contribution in [0.2, 0.25) is 0 Å². The molecule has 2 amide bonds. The van der Waals surface area contributed by atoms with Gasteiger partial charge < -0.3 is 24.4 Å². The number of esters is 1. The molecule has 3 fully saturated rings. The predicted molar refractivity (Wildman–Crippen MR) is 146 cm³/mol. The average molecular weight is 533 g/mol. The number of unbranched alkanes of at least 4 members (excludes halogenated alkanes) is 6.